The van der Waals surface area contributed by atoms with Crippen molar-refractivity contribution in [3.05, 3.63) is 100 Å². The number of aromatic nitrogens is 3. The number of hydrogen-bond acceptors (Lipinski definition) is 15. The van der Waals surface area contributed by atoms with Crippen molar-refractivity contribution in [2.45, 2.75) is 77.5 Å². The smallest absolute Gasteiger partial charge is 0.266 e. The summed E-state index contributed by atoms with van der Waals surface area (Å²) in [4.78, 5) is 119. The molecule has 7 heterocycles. The fraction of sp³-hybridized carbons (Fsp3) is 0.407. The molecule has 77 heavy (non-hydrogen) atoms. The molecule has 0 bridgehead atoms. The molecule has 8 amide bonds. The number of anilines is 2. The number of nitrogens with zero attached hydrogens (tertiary/aromatic N) is 7. The Morgan fingerprint density at radius 2 is 1.52 bits per heavy atom. The van der Waals surface area contributed by atoms with Gasteiger partial charge in [-0.15, -0.1) is 11.3 Å². The summed E-state index contributed by atoms with van der Waals surface area (Å²) >= 11 is 1.23. The number of rotatable bonds is 16. The van der Waals surface area contributed by atoms with Gasteiger partial charge in [0, 0.05) is 68.7 Å². The molecular formula is C54H60N10O11S2. The van der Waals surface area contributed by atoms with E-state index in [4.69, 9.17) is 4.74 Å². The molecule has 9 rings (SSSR count). The summed E-state index contributed by atoms with van der Waals surface area (Å²) in [5, 5.41) is 8.96. The minimum atomic E-state index is -3.68. The van der Waals surface area contributed by atoms with Crippen LogP contribution in [0.2, 0.25) is 0 Å². The molecule has 3 fully saturated rings. The van der Waals surface area contributed by atoms with Gasteiger partial charge in [0.25, 0.3) is 23.6 Å². The normalized spacial score (nSPS) is 17.4. The monoisotopic (exact) mass is 1090 g/mol. The highest BCUT2D eigenvalue weighted by molar-refractivity contribution is 7.90. The first-order valence-corrected chi connectivity index (χ1v) is 27.9. The molecule has 3 saturated heterocycles. The fourth-order valence-corrected chi connectivity index (χ4v) is 12.4. The average Bonchev–Trinajstić information content (AvgIpc) is 4.13. The summed E-state index contributed by atoms with van der Waals surface area (Å²) in [5.41, 5.74) is 4.40. The predicted octanol–water partition coefficient (Wildman–Crippen LogP) is 4.64. The number of carbonyl (C=O) groups is 8. The van der Waals surface area contributed by atoms with E-state index in [1.54, 1.807) is 44.9 Å². The molecule has 404 valence electrons. The number of amides is 8. The Labute approximate surface area is 449 Å². The Morgan fingerprint density at radius 3 is 2.21 bits per heavy atom. The highest BCUT2D eigenvalue weighted by atomic mass is 32.2. The summed E-state index contributed by atoms with van der Waals surface area (Å²) < 4.78 is 32.5. The number of likely N-dealkylation sites (N-methyl/N-ethyl adjacent to an activating group) is 1. The zero-order chi connectivity index (χ0) is 54.9. The van der Waals surface area contributed by atoms with E-state index in [-0.39, 0.29) is 66.8 Å². The summed E-state index contributed by atoms with van der Waals surface area (Å²) in [6, 6.07) is 15.0. The molecule has 0 aliphatic carbocycles. The van der Waals surface area contributed by atoms with Crippen LogP contribution >= 0.6 is 11.3 Å². The van der Waals surface area contributed by atoms with E-state index in [0.29, 0.717) is 65.9 Å². The number of pyridine rings is 1. The van der Waals surface area contributed by atoms with Gasteiger partial charge in [-0.25, -0.2) is 22.4 Å². The maximum absolute atomic E-state index is 13.6. The second-order valence-electron chi connectivity index (χ2n) is 20.1. The first-order valence-electron chi connectivity index (χ1n) is 25.6. The number of carbonyl (C=O) groups excluding carboxylic acids is 8. The Balaban J connectivity index is 0.713. The van der Waals surface area contributed by atoms with E-state index in [1.165, 1.54) is 29.7 Å². The lowest BCUT2D eigenvalue weighted by Gasteiger charge is -2.40. The molecule has 0 radical (unpaired) electrons. The number of fused-ring (bicyclic) bond motifs is 1. The second kappa shape index (κ2) is 22.4. The highest BCUT2D eigenvalue weighted by Gasteiger charge is 2.46. The lowest BCUT2D eigenvalue weighted by atomic mass is 9.79. The molecular weight excluding hydrogens is 1030 g/mol. The molecule has 5 aromatic rings. The zero-order valence-electron chi connectivity index (χ0n) is 43.4. The van der Waals surface area contributed by atoms with Gasteiger partial charge in [-0.3, -0.25) is 48.6 Å². The van der Waals surface area contributed by atoms with Gasteiger partial charge in [0.15, 0.2) is 11.7 Å². The third kappa shape index (κ3) is 11.4. The molecule has 4 aliphatic heterocycles. The van der Waals surface area contributed by atoms with Crippen LogP contribution in [0.1, 0.15) is 94.7 Å². The minimum absolute atomic E-state index is 0.00399. The van der Waals surface area contributed by atoms with Crippen LogP contribution in [0, 0.1) is 25.7 Å². The number of thiazole rings is 1. The van der Waals surface area contributed by atoms with E-state index in [1.807, 2.05) is 58.6 Å². The molecule has 3 N–H and O–H groups in total. The molecule has 0 spiro atoms. The van der Waals surface area contributed by atoms with Crippen LogP contribution in [-0.4, -0.2) is 149 Å². The standard InChI is InChI=1S/C54H60N10O11S2/c1-31(2)77(73,74)63-27-40(32(3)33(63)4)50(69)56-26-46(66)59-54-57-41(30-76-54)38-9-6-8-36(24-38)37-14-19-55-44(25-37)60(5)28-47(67)61-20-15-34(16-21-61)35-17-22-62(23-18-35)48(68)29-75-43-11-7-10-39-49(43)53(72)64(52(39)71)42-12-13-45(65)58-51(42)70/h6-11,14,19,24-25,27,30-31,34-35,42H,12-13,15-18,20-23,26,28-29H2,1-5H3,(H,56,69)(H,57,59,66)(H,58,65,70). The third-order valence-electron chi connectivity index (χ3n) is 15.0. The lowest BCUT2D eigenvalue weighted by molar-refractivity contribution is -0.136. The van der Waals surface area contributed by atoms with Crippen LogP contribution in [0.15, 0.2) is 72.4 Å². The van der Waals surface area contributed by atoms with E-state index >= 15 is 0 Å². The van der Waals surface area contributed by atoms with Crippen LogP contribution in [0.5, 0.6) is 5.75 Å². The number of imide groups is 2. The van der Waals surface area contributed by atoms with Crippen molar-refractivity contribution < 1.29 is 51.5 Å². The zero-order valence-corrected chi connectivity index (χ0v) is 45.0. The minimum Gasteiger partial charge on any atom is -0.483 e. The van der Waals surface area contributed by atoms with Gasteiger partial charge in [0.05, 0.1) is 40.7 Å². The highest BCUT2D eigenvalue weighted by Crippen LogP contribution is 2.36. The van der Waals surface area contributed by atoms with Gasteiger partial charge >= 0.3 is 0 Å². The Kier molecular flexibility index (Phi) is 15.7. The summed E-state index contributed by atoms with van der Waals surface area (Å²) in [5.74, 6) is -2.30. The number of ether oxygens (including phenoxy) is 1. The van der Waals surface area contributed by atoms with Crippen LogP contribution in [0.25, 0.3) is 22.4 Å². The largest absolute Gasteiger partial charge is 0.483 e. The van der Waals surface area contributed by atoms with Gasteiger partial charge in [0.1, 0.15) is 17.6 Å². The van der Waals surface area contributed by atoms with E-state index in [0.717, 1.165) is 51.2 Å². The number of hydrogen-bond donors (Lipinski definition) is 3. The third-order valence-corrected chi connectivity index (χ3v) is 17.9. The maximum atomic E-state index is 13.6. The van der Waals surface area contributed by atoms with Crippen LogP contribution in [0.3, 0.4) is 0 Å². The van der Waals surface area contributed by atoms with Crippen molar-refractivity contribution in [3.8, 4) is 28.1 Å². The molecule has 1 unspecified atom stereocenters. The van der Waals surface area contributed by atoms with Crippen molar-refractivity contribution in [2.24, 2.45) is 11.8 Å². The topological polar surface area (TPSA) is 260 Å². The quantitative estimate of drug-likeness (QED) is 0.114. The number of nitrogens with one attached hydrogen (secondary N) is 3. The van der Waals surface area contributed by atoms with Gasteiger partial charge < -0.3 is 30.1 Å². The van der Waals surface area contributed by atoms with E-state index < -0.39 is 56.8 Å². The first-order chi connectivity index (χ1) is 36.8. The number of benzene rings is 2. The Hall–Kier alpha value is -7.79. The average molecular weight is 1090 g/mol. The van der Waals surface area contributed by atoms with Crippen molar-refractivity contribution in [1.82, 2.24) is 39.3 Å². The van der Waals surface area contributed by atoms with Crippen molar-refractivity contribution in [2.75, 3.05) is 63.1 Å². The van der Waals surface area contributed by atoms with E-state index in [9.17, 15) is 46.8 Å². The number of likely N-dealkylation sites (tertiary alicyclic amines) is 2. The predicted molar refractivity (Wildman–Crippen MR) is 286 cm³/mol. The second-order valence-corrected chi connectivity index (χ2v) is 23.3. The van der Waals surface area contributed by atoms with Gasteiger partial charge in [-0.1, -0.05) is 24.3 Å². The molecule has 4 aliphatic rings. The van der Waals surface area contributed by atoms with Crippen LogP contribution in [0.4, 0.5) is 10.9 Å². The van der Waals surface area contributed by atoms with Crippen molar-refractivity contribution >= 4 is 79.6 Å². The first kappa shape index (κ1) is 54.0. The van der Waals surface area contributed by atoms with E-state index in [2.05, 4.69) is 25.9 Å². The Morgan fingerprint density at radius 1 is 0.857 bits per heavy atom. The van der Waals surface area contributed by atoms with Crippen molar-refractivity contribution in [3.63, 3.8) is 0 Å². The molecule has 3 aromatic heterocycles. The van der Waals surface area contributed by atoms with Crippen LogP contribution in [-0.2, 0) is 34.0 Å². The van der Waals surface area contributed by atoms with Crippen molar-refractivity contribution in [1.29, 1.82) is 0 Å². The summed E-state index contributed by atoms with van der Waals surface area (Å²) in [7, 11) is -1.83. The molecule has 0 saturated carbocycles. The summed E-state index contributed by atoms with van der Waals surface area (Å²) in [6.45, 7) is 8.25. The van der Waals surface area contributed by atoms with Crippen LogP contribution < -0.4 is 25.6 Å². The summed E-state index contributed by atoms with van der Waals surface area (Å²) in [6.07, 6.45) is 6.37. The van der Waals surface area contributed by atoms with Gasteiger partial charge in [-0.05, 0) is 119 Å². The lowest BCUT2D eigenvalue weighted by Crippen LogP contribution is -2.54. The molecule has 2 aromatic carbocycles. The molecule has 21 nitrogen and oxygen atoms in total. The maximum Gasteiger partial charge on any atom is 0.266 e. The fourth-order valence-electron chi connectivity index (χ4n) is 10.4. The SMILES string of the molecule is Cc1c(C(=O)NCC(=O)Nc2nc(-c3cccc(-c4ccnc(N(C)CC(=O)N5CCC(C6CCN(C(=O)COc7cccc8c7C(=O)N(C7CCC(=O)NC7=O)C8=O)CC6)CC5)c4)c3)cs2)cn(S(=O)(=O)C(C)C)c1C. The molecule has 23 heteroatoms. The van der Waals surface area contributed by atoms with Gasteiger partial charge in [0.2, 0.25) is 33.7 Å². The Bertz CT molecular complexity index is 3300. The number of piperidine rings is 3. The molecule has 1 atom stereocenters. The van der Waals surface area contributed by atoms with Gasteiger partial charge in [-0.2, -0.15) is 0 Å².